The van der Waals surface area contributed by atoms with E-state index in [4.69, 9.17) is 0 Å². The molecule has 98 valence electrons. The predicted octanol–water partition coefficient (Wildman–Crippen LogP) is 2.14. The smallest absolute Gasteiger partial charge is 0.416 e. The highest BCUT2D eigenvalue weighted by atomic mass is 19.4. The molecule has 1 aromatic rings. The van der Waals surface area contributed by atoms with Crippen LogP contribution in [-0.4, -0.2) is 19.6 Å². The molecule has 1 aliphatic rings. The number of ether oxygens (including phenoxy) is 1. The number of hydrogen-bond donors (Lipinski definition) is 1. The molecule has 0 saturated carbocycles. The zero-order chi connectivity index (χ0) is 13.3. The Morgan fingerprint density at radius 2 is 1.94 bits per heavy atom. The fourth-order valence-corrected chi connectivity index (χ4v) is 1.95. The van der Waals surface area contributed by atoms with Crippen molar-refractivity contribution >= 4 is 5.97 Å². The molecular weight excluding hydrogens is 247 g/mol. The van der Waals surface area contributed by atoms with Crippen LogP contribution in [0.1, 0.15) is 17.2 Å². The number of esters is 1. The minimum absolute atomic E-state index is 0.264. The van der Waals surface area contributed by atoms with Crippen molar-refractivity contribution in [2.45, 2.75) is 12.2 Å². The third kappa shape index (κ3) is 2.33. The van der Waals surface area contributed by atoms with E-state index in [1.54, 1.807) is 0 Å². The van der Waals surface area contributed by atoms with E-state index in [1.165, 1.54) is 19.2 Å². The average molecular weight is 259 g/mol. The van der Waals surface area contributed by atoms with Crippen molar-refractivity contribution < 1.29 is 22.7 Å². The second-order valence-corrected chi connectivity index (χ2v) is 4.14. The van der Waals surface area contributed by atoms with Gasteiger partial charge >= 0.3 is 12.1 Å². The lowest BCUT2D eigenvalue weighted by molar-refractivity contribution is -0.149. The quantitative estimate of drug-likeness (QED) is 0.827. The Balaban J connectivity index is 2.13. The van der Waals surface area contributed by atoms with Crippen LogP contribution in [-0.2, 0) is 15.7 Å². The zero-order valence-corrected chi connectivity index (χ0v) is 9.62. The highest BCUT2D eigenvalue weighted by Crippen LogP contribution is 2.33. The van der Waals surface area contributed by atoms with E-state index in [2.05, 4.69) is 10.1 Å². The van der Waals surface area contributed by atoms with Gasteiger partial charge in [-0.15, -0.1) is 0 Å². The summed E-state index contributed by atoms with van der Waals surface area (Å²) in [6, 6.07) is 4.54. The van der Waals surface area contributed by atoms with Gasteiger partial charge in [-0.25, -0.2) is 0 Å². The van der Waals surface area contributed by atoms with Crippen LogP contribution >= 0.6 is 0 Å². The molecule has 2 rings (SSSR count). The summed E-state index contributed by atoms with van der Waals surface area (Å²) in [5, 5.41) is 3.00. The van der Waals surface area contributed by atoms with Gasteiger partial charge in [0.15, 0.2) is 0 Å². The Labute approximate surface area is 102 Å². The lowest BCUT2D eigenvalue weighted by Gasteiger charge is -2.36. The summed E-state index contributed by atoms with van der Waals surface area (Å²) >= 11 is 0. The van der Waals surface area contributed by atoms with E-state index in [9.17, 15) is 18.0 Å². The Morgan fingerprint density at radius 1 is 1.33 bits per heavy atom. The summed E-state index contributed by atoms with van der Waals surface area (Å²) in [4.78, 5) is 11.4. The van der Waals surface area contributed by atoms with E-state index in [1.807, 2.05) is 0 Å². The number of alkyl halides is 3. The number of halogens is 3. The van der Waals surface area contributed by atoms with Gasteiger partial charge < -0.3 is 10.1 Å². The minimum atomic E-state index is -4.34. The summed E-state index contributed by atoms with van der Waals surface area (Å²) in [6.07, 6.45) is -4.34. The Hall–Kier alpha value is -1.56. The van der Waals surface area contributed by atoms with Crippen LogP contribution in [0.2, 0.25) is 0 Å². The van der Waals surface area contributed by atoms with Gasteiger partial charge in [-0.3, -0.25) is 4.79 Å². The molecule has 0 aliphatic carbocycles. The average Bonchev–Trinajstić information content (AvgIpc) is 2.27. The molecule has 6 heteroatoms. The van der Waals surface area contributed by atoms with Gasteiger partial charge in [-0.05, 0) is 17.7 Å². The molecular formula is C12H12F3NO2. The van der Waals surface area contributed by atoms with Gasteiger partial charge in [0.1, 0.15) is 0 Å². The lowest BCUT2D eigenvalue weighted by atomic mass is 9.86. The van der Waals surface area contributed by atoms with Crippen molar-refractivity contribution in [1.29, 1.82) is 0 Å². The van der Waals surface area contributed by atoms with Gasteiger partial charge in [0.05, 0.1) is 18.6 Å². The minimum Gasteiger partial charge on any atom is -0.469 e. The number of rotatable bonds is 2. The summed E-state index contributed by atoms with van der Waals surface area (Å²) in [7, 11) is 1.30. The van der Waals surface area contributed by atoms with Crippen LogP contribution in [0.15, 0.2) is 24.3 Å². The highest BCUT2D eigenvalue weighted by molar-refractivity contribution is 5.75. The van der Waals surface area contributed by atoms with E-state index in [-0.39, 0.29) is 17.9 Å². The van der Waals surface area contributed by atoms with Crippen LogP contribution in [0, 0.1) is 5.92 Å². The highest BCUT2D eigenvalue weighted by Gasteiger charge is 2.38. The molecule has 1 aliphatic heterocycles. The maximum atomic E-state index is 12.4. The van der Waals surface area contributed by atoms with Gasteiger partial charge in [-0.1, -0.05) is 12.1 Å². The van der Waals surface area contributed by atoms with Crippen molar-refractivity contribution in [2.75, 3.05) is 13.7 Å². The summed E-state index contributed by atoms with van der Waals surface area (Å²) in [5.74, 6) is -0.676. The van der Waals surface area contributed by atoms with Gasteiger partial charge in [-0.2, -0.15) is 13.2 Å². The van der Waals surface area contributed by atoms with Crippen LogP contribution in [0.4, 0.5) is 13.2 Å². The lowest BCUT2D eigenvalue weighted by Crippen LogP contribution is -2.50. The number of methoxy groups -OCH3 is 1. The first kappa shape index (κ1) is 12.9. The normalized spacial score (nSPS) is 23.3. The number of nitrogens with one attached hydrogen (secondary N) is 1. The molecule has 3 nitrogen and oxygen atoms in total. The summed E-state index contributed by atoms with van der Waals surface area (Å²) in [6.45, 7) is 0.484. The third-order valence-electron chi connectivity index (χ3n) is 3.06. The first-order valence-electron chi connectivity index (χ1n) is 5.42. The van der Waals surface area contributed by atoms with Crippen molar-refractivity contribution in [2.24, 2.45) is 5.92 Å². The second kappa shape index (κ2) is 4.61. The van der Waals surface area contributed by atoms with Crippen molar-refractivity contribution in [3.05, 3.63) is 35.4 Å². The topological polar surface area (TPSA) is 38.3 Å². The molecule has 2 atom stereocenters. The first-order valence-corrected chi connectivity index (χ1v) is 5.42. The first-order chi connectivity index (χ1) is 8.43. The molecule has 0 bridgehead atoms. The maximum absolute atomic E-state index is 12.4. The van der Waals surface area contributed by atoms with Crippen molar-refractivity contribution in [3.63, 3.8) is 0 Å². The fourth-order valence-electron chi connectivity index (χ4n) is 1.95. The molecule has 1 heterocycles. The number of benzene rings is 1. The summed E-state index contributed by atoms with van der Waals surface area (Å²) < 4.78 is 41.8. The Bertz CT molecular complexity index is 442. The second-order valence-electron chi connectivity index (χ2n) is 4.14. The fraction of sp³-hybridized carbons (Fsp3) is 0.417. The number of carbonyl (C=O) groups is 1. The molecule has 2 unspecified atom stereocenters. The molecule has 0 aromatic heterocycles. The molecule has 1 fully saturated rings. The largest absolute Gasteiger partial charge is 0.469 e. The van der Waals surface area contributed by atoms with Gasteiger partial charge in [0.2, 0.25) is 0 Å². The van der Waals surface area contributed by atoms with E-state index in [0.717, 1.165) is 12.1 Å². The van der Waals surface area contributed by atoms with Crippen LogP contribution < -0.4 is 5.32 Å². The maximum Gasteiger partial charge on any atom is 0.416 e. The number of hydrogen-bond acceptors (Lipinski definition) is 3. The SMILES string of the molecule is COC(=O)C1CNC1c1ccc(C(F)(F)F)cc1. The van der Waals surface area contributed by atoms with Gasteiger partial charge in [0, 0.05) is 12.6 Å². The Kier molecular flexibility index (Phi) is 3.30. The van der Waals surface area contributed by atoms with E-state index in [0.29, 0.717) is 12.1 Å². The monoisotopic (exact) mass is 259 g/mol. The molecule has 0 spiro atoms. The third-order valence-corrected chi connectivity index (χ3v) is 3.06. The molecule has 0 amide bonds. The van der Waals surface area contributed by atoms with Crippen LogP contribution in [0.25, 0.3) is 0 Å². The van der Waals surface area contributed by atoms with E-state index < -0.39 is 11.7 Å². The molecule has 1 saturated heterocycles. The van der Waals surface area contributed by atoms with Crippen molar-refractivity contribution in [3.8, 4) is 0 Å². The van der Waals surface area contributed by atoms with Gasteiger partial charge in [0.25, 0.3) is 0 Å². The van der Waals surface area contributed by atoms with Crippen LogP contribution in [0.3, 0.4) is 0 Å². The Morgan fingerprint density at radius 3 is 2.33 bits per heavy atom. The molecule has 1 N–H and O–H groups in total. The standard InChI is InChI=1S/C12H12F3NO2/c1-18-11(17)9-6-16-10(9)7-2-4-8(5-3-7)12(13,14)15/h2-5,9-10,16H,6H2,1H3. The number of carbonyl (C=O) groups excluding carboxylic acids is 1. The molecule has 18 heavy (non-hydrogen) atoms. The molecule has 0 radical (unpaired) electrons. The van der Waals surface area contributed by atoms with Crippen LogP contribution in [0.5, 0.6) is 0 Å². The predicted molar refractivity (Wildman–Crippen MR) is 57.7 cm³/mol. The molecule has 1 aromatic carbocycles. The summed E-state index contributed by atoms with van der Waals surface area (Å²) in [5.41, 5.74) is -0.0372. The zero-order valence-electron chi connectivity index (χ0n) is 9.62. The van der Waals surface area contributed by atoms with Crippen molar-refractivity contribution in [1.82, 2.24) is 5.32 Å². The van der Waals surface area contributed by atoms with E-state index >= 15 is 0 Å².